The summed E-state index contributed by atoms with van der Waals surface area (Å²) in [5, 5.41) is 12.6. The molecule has 0 amide bonds. The van der Waals surface area contributed by atoms with Crippen molar-refractivity contribution in [2.75, 3.05) is 6.54 Å². The quantitative estimate of drug-likeness (QED) is 0.804. The third kappa shape index (κ3) is 3.40. The lowest BCUT2D eigenvalue weighted by Gasteiger charge is -2.18. The first-order valence-electron chi connectivity index (χ1n) is 8.66. The number of nitrogens with zero attached hydrogens (tertiary/aromatic N) is 1. The molecular formula is C21H23NO2. The van der Waals surface area contributed by atoms with Gasteiger partial charge in [-0.05, 0) is 29.2 Å². The van der Waals surface area contributed by atoms with Gasteiger partial charge in [0.25, 0.3) is 0 Å². The van der Waals surface area contributed by atoms with E-state index in [1.807, 2.05) is 18.2 Å². The van der Waals surface area contributed by atoms with Gasteiger partial charge in [0.15, 0.2) is 5.78 Å². The average molecular weight is 321 g/mol. The first-order valence-corrected chi connectivity index (χ1v) is 8.66. The van der Waals surface area contributed by atoms with Crippen LogP contribution in [0.3, 0.4) is 0 Å². The summed E-state index contributed by atoms with van der Waals surface area (Å²) in [6, 6.07) is 14.4. The van der Waals surface area contributed by atoms with Gasteiger partial charge >= 0.3 is 0 Å². The fourth-order valence-corrected chi connectivity index (χ4v) is 3.25. The van der Waals surface area contributed by atoms with Gasteiger partial charge in [-0.15, -0.1) is 0 Å². The highest BCUT2D eigenvalue weighted by molar-refractivity contribution is 6.24. The molecule has 1 aliphatic carbocycles. The summed E-state index contributed by atoms with van der Waals surface area (Å²) in [5.41, 5.74) is 2.33. The molecule has 0 aromatic heterocycles. The van der Waals surface area contributed by atoms with E-state index >= 15 is 0 Å². The van der Waals surface area contributed by atoms with Crippen LogP contribution in [-0.4, -0.2) is 23.1 Å². The Hall–Kier alpha value is -2.42. The summed E-state index contributed by atoms with van der Waals surface area (Å²) in [5.74, 6) is 0.232. The Labute approximate surface area is 142 Å². The lowest BCUT2D eigenvalue weighted by atomic mass is 9.89. The Morgan fingerprint density at radius 3 is 2.71 bits per heavy atom. The Kier molecular flexibility index (Phi) is 5.09. The largest absolute Gasteiger partial charge is 0.511 e. The highest BCUT2D eigenvalue weighted by Gasteiger charge is 2.25. The Balaban J connectivity index is 2.03. The van der Waals surface area contributed by atoms with Crippen molar-refractivity contribution in [1.82, 2.24) is 0 Å². The lowest BCUT2D eigenvalue weighted by molar-refractivity contribution is -0.115. The van der Waals surface area contributed by atoms with Crippen molar-refractivity contribution in [2.45, 2.75) is 39.0 Å². The first kappa shape index (κ1) is 16.4. The standard InChI is InChI=1S/C21H23NO2/c1-2-13-22-18(21-19(23)11-6-12-20(21)24)14-16-9-5-8-15-7-3-4-10-17(15)16/h3-5,7-10,23H,2,6,11-14H2,1H3. The third-order valence-electron chi connectivity index (χ3n) is 4.44. The van der Waals surface area contributed by atoms with E-state index in [9.17, 15) is 9.90 Å². The van der Waals surface area contributed by atoms with E-state index in [2.05, 4.69) is 36.2 Å². The summed E-state index contributed by atoms with van der Waals surface area (Å²) in [6.07, 6.45) is 3.29. The highest BCUT2D eigenvalue weighted by atomic mass is 16.3. The van der Waals surface area contributed by atoms with E-state index in [0.29, 0.717) is 31.4 Å². The zero-order valence-electron chi connectivity index (χ0n) is 14.1. The molecule has 1 N–H and O–H groups in total. The molecule has 0 spiro atoms. The van der Waals surface area contributed by atoms with E-state index < -0.39 is 0 Å². The van der Waals surface area contributed by atoms with Crippen molar-refractivity contribution in [3.05, 3.63) is 59.4 Å². The van der Waals surface area contributed by atoms with Crippen molar-refractivity contribution in [3.63, 3.8) is 0 Å². The number of aliphatic imine (C=N–C) groups is 1. The number of aliphatic hydroxyl groups excluding tert-OH is 1. The number of fused-ring (bicyclic) bond motifs is 1. The molecule has 0 bridgehead atoms. The minimum atomic E-state index is 0.0221. The molecule has 24 heavy (non-hydrogen) atoms. The maximum atomic E-state index is 12.4. The number of benzene rings is 2. The van der Waals surface area contributed by atoms with Crippen molar-refractivity contribution < 1.29 is 9.90 Å². The van der Waals surface area contributed by atoms with Gasteiger partial charge in [-0.1, -0.05) is 49.4 Å². The second-order valence-electron chi connectivity index (χ2n) is 6.24. The van der Waals surface area contributed by atoms with Crippen LogP contribution in [0.15, 0.2) is 58.8 Å². The van der Waals surface area contributed by atoms with Crippen LogP contribution in [0.1, 0.15) is 38.2 Å². The molecule has 1 aliphatic rings. The minimum absolute atomic E-state index is 0.0221. The number of carbonyl (C=O) groups excluding carboxylic acids is 1. The van der Waals surface area contributed by atoms with E-state index in [0.717, 1.165) is 24.1 Å². The molecule has 0 atom stereocenters. The van der Waals surface area contributed by atoms with Crippen LogP contribution in [0.5, 0.6) is 0 Å². The Morgan fingerprint density at radius 2 is 1.92 bits per heavy atom. The number of allylic oxidation sites excluding steroid dienone is 2. The predicted molar refractivity (Wildman–Crippen MR) is 98.8 cm³/mol. The molecule has 3 rings (SSSR count). The zero-order chi connectivity index (χ0) is 16.9. The maximum Gasteiger partial charge on any atom is 0.168 e. The topological polar surface area (TPSA) is 49.7 Å². The molecule has 0 radical (unpaired) electrons. The fraction of sp³-hybridized carbons (Fsp3) is 0.333. The smallest absolute Gasteiger partial charge is 0.168 e. The Morgan fingerprint density at radius 1 is 1.12 bits per heavy atom. The van der Waals surface area contributed by atoms with Crippen LogP contribution in [0, 0.1) is 0 Å². The number of carbonyl (C=O) groups is 1. The second-order valence-corrected chi connectivity index (χ2v) is 6.24. The molecule has 0 saturated carbocycles. The fourth-order valence-electron chi connectivity index (χ4n) is 3.25. The number of hydrogen-bond acceptors (Lipinski definition) is 3. The second kappa shape index (κ2) is 7.43. The van der Waals surface area contributed by atoms with Gasteiger partial charge < -0.3 is 5.11 Å². The van der Waals surface area contributed by atoms with Gasteiger partial charge in [-0.2, -0.15) is 0 Å². The minimum Gasteiger partial charge on any atom is -0.511 e. The van der Waals surface area contributed by atoms with Crippen molar-refractivity contribution >= 4 is 22.3 Å². The van der Waals surface area contributed by atoms with Gasteiger partial charge in [0.2, 0.25) is 0 Å². The molecule has 0 saturated heterocycles. The van der Waals surface area contributed by atoms with Crippen LogP contribution >= 0.6 is 0 Å². The van der Waals surface area contributed by atoms with Crippen molar-refractivity contribution in [3.8, 4) is 0 Å². The Bertz CT molecular complexity index is 812. The van der Waals surface area contributed by atoms with Gasteiger partial charge in [0.1, 0.15) is 5.76 Å². The lowest BCUT2D eigenvalue weighted by Crippen LogP contribution is -2.21. The van der Waals surface area contributed by atoms with E-state index in [1.54, 1.807) is 0 Å². The number of Topliss-reactive ketones (excluding diaryl/α,β-unsaturated/α-hetero) is 1. The summed E-state index contributed by atoms with van der Waals surface area (Å²) in [7, 11) is 0. The monoisotopic (exact) mass is 321 g/mol. The van der Waals surface area contributed by atoms with Crippen molar-refractivity contribution in [1.29, 1.82) is 0 Å². The molecule has 0 aliphatic heterocycles. The number of ketones is 1. The van der Waals surface area contributed by atoms with Gasteiger partial charge in [0.05, 0.1) is 11.3 Å². The van der Waals surface area contributed by atoms with Crippen LogP contribution in [0.25, 0.3) is 10.8 Å². The molecule has 0 fully saturated rings. The normalized spacial score (nSPS) is 16.0. The summed E-state index contributed by atoms with van der Waals surface area (Å²) >= 11 is 0. The summed E-state index contributed by atoms with van der Waals surface area (Å²) in [4.78, 5) is 17.0. The maximum absolute atomic E-state index is 12.4. The van der Waals surface area contributed by atoms with Crippen LogP contribution in [-0.2, 0) is 11.2 Å². The van der Waals surface area contributed by atoms with Crippen molar-refractivity contribution in [2.24, 2.45) is 4.99 Å². The van der Waals surface area contributed by atoms with Gasteiger partial charge in [-0.3, -0.25) is 9.79 Å². The highest BCUT2D eigenvalue weighted by Crippen LogP contribution is 2.25. The third-order valence-corrected chi connectivity index (χ3v) is 4.44. The first-order chi connectivity index (χ1) is 11.7. The van der Waals surface area contributed by atoms with E-state index in [4.69, 9.17) is 0 Å². The van der Waals surface area contributed by atoms with Gasteiger partial charge in [0, 0.05) is 25.8 Å². The summed E-state index contributed by atoms with van der Waals surface area (Å²) in [6.45, 7) is 2.74. The molecule has 3 heteroatoms. The van der Waals surface area contributed by atoms with Crippen LogP contribution in [0.2, 0.25) is 0 Å². The molecule has 124 valence electrons. The molecule has 2 aromatic rings. The zero-order valence-corrected chi connectivity index (χ0v) is 14.1. The predicted octanol–water partition coefficient (Wildman–Crippen LogP) is 4.80. The molecule has 3 nitrogen and oxygen atoms in total. The van der Waals surface area contributed by atoms with E-state index in [1.165, 1.54) is 10.8 Å². The molecule has 2 aromatic carbocycles. The number of rotatable bonds is 5. The average Bonchev–Trinajstić information content (AvgIpc) is 2.59. The van der Waals surface area contributed by atoms with Gasteiger partial charge in [-0.25, -0.2) is 0 Å². The summed E-state index contributed by atoms with van der Waals surface area (Å²) < 4.78 is 0. The molecule has 0 unspecified atom stereocenters. The van der Waals surface area contributed by atoms with E-state index in [-0.39, 0.29) is 11.5 Å². The number of hydrogen-bond donors (Lipinski definition) is 1. The van der Waals surface area contributed by atoms with Crippen LogP contribution < -0.4 is 0 Å². The molecule has 0 heterocycles. The molecular weight excluding hydrogens is 298 g/mol. The number of aliphatic hydroxyl groups is 1. The SMILES string of the molecule is CCCN=C(Cc1cccc2ccccc12)C1=C(O)CCCC1=O. The van der Waals surface area contributed by atoms with Crippen LogP contribution in [0.4, 0.5) is 0 Å².